The first kappa shape index (κ1) is 20.6. The zero-order valence-corrected chi connectivity index (χ0v) is 17.4. The molecule has 0 saturated carbocycles. The maximum Gasteiger partial charge on any atom is 0.229 e. The fraction of sp³-hybridized carbons (Fsp3) is 0.348. The van der Waals surface area contributed by atoms with E-state index in [1.807, 2.05) is 62.6 Å². The third kappa shape index (κ3) is 4.15. The number of nitrogens with one attached hydrogen (secondary N) is 1. The summed E-state index contributed by atoms with van der Waals surface area (Å²) in [6.07, 6.45) is -0.101. The van der Waals surface area contributed by atoms with E-state index in [4.69, 9.17) is 6.57 Å². The van der Waals surface area contributed by atoms with Crippen molar-refractivity contribution >= 4 is 28.6 Å². The summed E-state index contributed by atoms with van der Waals surface area (Å²) in [5.41, 5.74) is 1.93. The number of amides is 1. The summed E-state index contributed by atoms with van der Waals surface area (Å²) in [6.45, 7) is 16.9. The van der Waals surface area contributed by atoms with Gasteiger partial charge in [0, 0.05) is 5.54 Å². The minimum Gasteiger partial charge on any atom is -0.385 e. The van der Waals surface area contributed by atoms with E-state index in [1.54, 1.807) is 19.1 Å². The van der Waals surface area contributed by atoms with Crippen LogP contribution in [0.4, 0.5) is 11.6 Å². The van der Waals surface area contributed by atoms with Gasteiger partial charge in [0.05, 0.1) is 29.6 Å². The topological polar surface area (TPSA) is 71.5 Å². The Bertz CT molecular complexity index is 1100. The van der Waals surface area contributed by atoms with Gasteiger partial charge in [-0.25, -0.2) is 9.83 Å². The van der Waals surface area contributed by atoms with Gasteiger partial charge in [0.25, 0.3) is 0 Å². The minimum absolute atomic E-state index is 0.101. The Labute approximate surface area is 171 Å². The minimum atomic E-state index is -1.29. The van der Waals surface area contributed by atoms with Gasteiger partial charge in [-0.15, -0.1) is 0 Å². The van der Waals surface area contributed by atoms with Crippen LogP contribution < -0.4 is 5.32 Å². The molecule has 3 aromatic rings. The third-order valence-electron chi connectivity index (χ3n) is 4.92. The number of carbonyl (C=O) groups is 1. The van der Waals surface area contributed by atoms with Crippen LogP contribution in [-0.2, 0) is 15.9 Å². The van der Waals surface area contributed by atoms with Gasteiger partial charge in [-0.1, -0.05) is 30.3 Å². The van der Waals surface area contributed by atoms with E-state index in [9.17, 15) is 9.90 Å². The van der Waals surface area contributed by atoms with Crippen molar-refractivity contribution in [2.45, 2.75) is 52.2 Å². The van der Waals surface area contributed by atoms with Crippen LogP contribution in [0.1, 0.15) is 45.2 Å². The smallest absolute Gasteiger partial charge is 0.229 e. The number of rotatable bonds is 4. The Hall–Kier alpha value is -3.17. The van der Waals surface area contributed by atoms with Crippen molar-refractivity contribution in [1.29, 1.82) is 0 Å². The second-order valence-electron chi connectivity index (χ2n) is 8.55. The van der Waals surface area contributed by atoms with Gasteiger partial charge < -0.3 is 9.67 Å². The van der Waals surface area contributed by atoms with Gasteiger partial charge in [0.15, 0.2) is 5.69 Å². The fourth-order valence-electron chi connectivity index (χ4n) is 3.48. The van der Waals surface area contributed by atoms with Gasteiger partial charge >= 0.3 is 0 Å². The second kappa shape index (κ2) is 7.34. The molecule has 2 aromatic carbocycles. The Morgan fingerprint density at radius 3 is 2.45 bits per heavy atom. The first-order valence-corrected chi connectivity index (χ1v) is 9.52. The Balaban J connectivity index is 1.97. The highest BCUT2D eigenvalue weighted by molar-refractivity contribution is 5.93. The predicted octanol–water partition coefficient (Wildman–Crippen LogP) is 4.89. The van der Waals surface area contributed by atoms with Crippen molar-refractivity contribution in [3.63, 3.8) is 0 Å². The number of aryl methyl sites for hydroxylation is 1. The molecule has 29 heavy (non-hydrogen) atoms. The summed E-state index contributed by atoms with van der Waals surface area (Å²) < 4.78 is 1.92. The average Bonchev–Trinajstić information content (AvgIpc) is 2.97. The average molecular weight is 390 g/mol. The highest BCUT2D eigenvalue weighted by atomic mass is 16.3. The molecule has 6 heteroatoms. The van der Waals surface area contributed by atoms with Crippen LogP contribution in [0.2, 0.25) is 0 Å². The third-order valence-corrected chi connectivity index (χ3v) is 4.92. The Morgan fingerprint density at radius 1 is 1.21 bits per heavy atom. The fourth-order valence-corrected chi connectivity index (χ4v) is 3.48. The van der Waals surface area contributed by atoms with Crippen molar-refractivity contribution in [3.8, 4) is 0 Å². The van der Waals surface area contributed by atoms with Crippen LogP contribution in [0.3, 0.4) is 0 Å². The van der Waals surface area contributed by atoms with Crippen LogP contribution in [-0.4, -0.2) is 20.6 Å². The maximum atomic E-state index is 12.8. The van der Waals surface area contributed by atoms with E-state index in [0.717, 1.165) is 16.6 Å². The molecule has 0 aliphatic rings. The van der Waals surface area contributed by atoms with Crippen molar-refractivity contribution in [2.24, 2.45) is 0 Å². The first-order valence-electron chi connectivity index (χ1n) is 9.52. The lowest BCUT2D eigenvalue weighted by molar-refractivity contribution is -0.120. The largest absolute Gasteiger partial charge is 0.385 e. The van der Waals surface area contributed by atoms with Crippen LogP contribution in [0.15, 0.2) is 42.5 Å². The molecule has 0 bridgehead atoms. The van der Waals surface area contributed by atoms with E-state index in [2.05, 4.69) is 15.1 Å². The number of benzene rings is 2. The first-order chi connectivity index (χ1) is 13.5. The normalized spacial score (nSPS) is 13.7. The number of hydrogen-bond donors (Lipinski definition) is 2. The van der Waals surface area contributed by atoms with E-state index in [1.165, 1.54) is 0 Å². The highest BCUT2D eigenvalue weighted by Gasteiger charge is 2.29. The van der Waals surface area contributed by atoms with Gasteiger partial charge in [0.1, 0.15) is 0 Å². The van der Waals surface area contributed by atoms with Crippen molar-refractivity contribution < 1.29 is 9.90 Å². The van der Waals surface area contributed by atoms with Crippen molar-refractivity contribution in [3.05, 3.63) is 65.0 Å². The van der Waals surface area contributed by atoms with E-state index < -0.39 is 5.60 Å². The number of imidazole rings is 1. The standard InChI is InChI=1S/C23H26N4O2/c1-15-12-18-19(13-17(15)24-6)27(22(2,3)4)21(25-18)26-20(28)14-23(5,29)16-10-8-7-9-11-16/h7-13,29H,14H2,1-5H3,(H,25,26,28)/t23-/m1/s1. The monoisotopic (exact) mass is 390 g/mol. The molecule has 0 radical (unpaired) electrons. The van der Waals surface area contributed by atoms with Crippen LogP contribution in [0, 0.1) is 13.5 Å². The number of anilines is 1. The SMILES string of the molecule is [C-]#[N+]c1cc2c(cc1C)nc(NC(=O)C[C@@](C)(O)c1ccccc1)n2C(C)(C)C. The molecule has 1 amide bonds. The number of fused-ring (bicyclic) bond motifs is 1. The summed E-state index contributed by atoms with van der Waals surface area (Å²) in [7, 11) is 0. The lowest BCUT2D eigenvalue weighted by atomic mass is 9.92. The van der Waals surface area contributed by atoms with Crippen molar-refractivity contribution in [1.82, 2.24) is 9.55 Å². The molecule has 0 unspecified atom stereocenters. The molecule has 3 rings (SSSR count). The van der Waals surface area contributed by atoms with E-state index in [0.29, 0.717) is 17.2 Å². The quantitative estimate of drug-likeness (QED) is 0.623. The van der Waals surface area contributed by atoms with E-state index >= 15 is 0 Å². The molecule has 2 N–H and O–H groups in total. The van der Waals surface area contributed by atoms with Gasteiger partial charge in [-0.3, -0.25) is 10.1 Å². The summed E-state index contributed by atoms with van der Waals surface area (Å²) in [5, 5.41) is 13.7. The molecular formula is C23H26N4O2. The number of aliphatic hydroxyl groups is 1. The summed E-state index contributed by atoms with van der Waals surface area (Å²) >= 11 is 0. The predicted molar refractivity (Wildman–Crippen MR) is 115 cm³/mol. The molecular weight excluding hydrogens is 364 g/mol. The molecule has 1 aromatic heterocycles. The number of aromatic nitrogens is 2. The number of carbonyl (C=O) groups excluding carboxylic acids is 1. The number of hydrogen-bond acceptors (Lipinski definition) is 3. The van der Waals surface area contributed by atoms with Crippen LogP contribution in [0.5, 0.6) is 0 Å². The maximum absolute atomic E-state index is 12.8. The Morgan fingerprint density at radius 2 is 1.86 bits per heavy atom. The molecule has 0 fully saturated rings. The number of nitrogens with zero attached hydrogens (tertiary/aromatic N) is 3. The van der Waals surface area contributed by atoms with Crippen LogP contribution in [0.25, 0.3) is 15.9 Å². The zero-order valence-electron chi connectivity index (χ0n) is 17.4. The van der Waals surface area contributed by atoms with Crippen LogP contribution >= 0.6 is 0 Å². The molecule has 1 heterocycles. The zero-order chi connectivity index (χ0) is 21.4. The molecule has 0 aliphatic heterocycles. The van der Waals surface area contributed by atoms with Crippen molar-refractivity contribution in [2.75, 3.05) is 5.32 Å². The summed E-state index contributed by atoms with van der Waals surface area (Å²) in [4.78, 5) is 21.0. The lowest BCUT2D eigenvalue weighted by Gasteiger charge is -2.26. The highest BCUT2D eigenvalue weighted by Crippen LogP contribution is 2.33. The summed E-state index contributed by atoms with van der Waals surface area (Å²) in [5.74, 6) is 0.0738. The van der Waals surface area contributed by atoms with E-state index in [-0.39, 0.29) is 17.9 Å². The van der Waals surface area contributed by atoms with Gasteiger partial charge in [-0.05, 0) is 57.9 Å². The molecule has 0 saturated heterocycles. The lowest BCUT2D eigenvalue weighted by Crippen LogP contribution is -2.31. The molecule has 150 valence electrons. The van der Waals surface area contributed by atoms with Gasteiger partial charge in [-0.2, -0.15) is 0 Å². The second-order valence-corrected chi connectivity index (χ2v) is 8.55. The summed E-state index contributed by atoms with van der Waals surface area (Å²) in [6, 6.07) is 12.8. The molecule has 0 spiro atoms. The molecule has 6 nitrogen and oxygen atoms in total. The van der Waals surface area contributed by atoms with Gasteiger partial charge in [0.2, 0.25) is 11.9 Å². The molecule has 0 aliphatic carbocycles. The Kier molecular flexibility index (Phi) is 5.20. The molecule has 1 atom stereocenters.